The van der Waals surface area contributed by atoms with E-state index in [0.29, 0.717) is 0 Å². The van der Waals surface area contributed by atoms with Crippen molar-refractivity contribution in [1.29, 1.82) is 0 Å². The fourth-order valence-electron chi connectivity index (χ4n) is 2.73. The summed E-state index contributed by atoms with van der Waals surface area (Å²) in [4.78, 5) is 2.52. The maximum atomic E-state index is 9.88. The summed E-state index contributed by atoms with van der Waals surface area (Å²) in [5, 5.41) is 9.88. The standard InChI is InChI=1S/C16H33NO/c1-3-4-5-6-7-8-9-10-13-17-14-11-16(2,18)12-15-17/h18H,3-15H2,1-2H3. The minimum Gasteiger partial charge on any atom is -0.390 e. The molecule has 0 unspecified atom stereocenters. The van der Waals surface area contributed by atoms with Crippen LogP contribution in [0.2, 0.25) is 0 Å². The molecule has 0 saturated carbocycles. The average molecular weight is 255 g/mol. The van der Waals surface area contributed by atoms with E-state index in [9.17, 15) is 5.11 Å². The molecule has 1 rings (SSSR count). The Hall–Kier alpha value is -0.0800. The number of aliphatic hydroxyl groups is 1. The van der Waals surface area contributed by atoms with Crippen molar-refractivity contribution in [2.45, 2.75) is 83.7 Å². The van der Waals surface area contributed by atoms with Crippen LogP contribution >= 0.6 is 0 Å². The molecule has 0 aromatic carbocycles. The van der Waals surface area contributed by atoms with E-state index >= 15 is 0 Å². The fraction of sp³-hybridized carbons (Fsp3) is 1.00. The molecule has 0 spiro atoms. The lowest BCUT2D eigenvalue weighted by Gasteiger charge is -2.35. The molecular formula is C16H33NO. The summed E-state index contributed by atoms with van der Waals surface area (Å²) in [7, 11) is 0. The molecule has 0 aliphatic carbocycles. The lowest BCUT2D eigenvalue weighted by molar-refractivity contribution is -0.00554. The highest BCUT2D eigenvalue weighted by atomic mass is 16.3. The molecule has 108 valence electrons. The van der Waals surface area contributed by atoms with Crippen LogP contribution in [0.3, 0.4) is 0 Å². The predicted molar refractivity (Wildman–Crippen MR) is 78.9 cm³/mol. The average Bonchev–Trinajstić information content (AvgIpc) is 2.34. The van der Waals surface area contributed by atoms with E-state index in [4.69, 9.17) is 0 Å². The van der Waals surface area contributed by atoms with Gasteiger partial charge < -0.3 is 10.0 Å². The van der Waals surface area contributed by atoms with Crippen molar-refractivity contribution in [3.05, 3.63) is 0 Å². The van der Waals surface area contributed by atoms with Crippen molar-refractivity contribution < 1.29 is 5.11 Å². The van der Waals surface area contributed by atoms with Gasteiger partial charge in [-0.25, -0.2) is 0 Å². The summed E-state index contributed by atoms with van der Waals surface area (Å²) in [6.45, 7) is 7.66. The largest absolute Gasteiger partial charge is 0.390 e. The third kappa shape index (κ3) is 7.38. The molecule has 0 atom stereocenters. The summed E-state index contributed by atoms with van der Waals surface area (Å²) < 4.78 is 0. The summed E-state index contributed by atoms with van der Waals surface area (Å²) >= 11 is 0. The maximum Gasteiger partial charge on any atom is 0.0644 e. The Morgan fingerprint density at radius 1 is 0.889 bits per heavy atom. The summed E-state index contributed by atoms with van der Waals surface area (Å²) in [6.07, 6.45) is 13.1. The Balaban J connectivity index is 1.87. The van der Waals surface area contributed by atoms with Crippen LogP contribution in [-0.4, -0.2) is 35.2 Å². The van der Waals surface area contributed by atoms with Gasteiger partial charge in [-0.05, 0) is 32.7 Å². The predicted octanol–water partition coefficient (Wildman–Crippen LogP) is 3.97. The first-order chi connectivity index (χ1) is 8.64. The molecule has 0 bridgehead atoms. The summed E-state index contributed by atoms with van der Waals surface area (Å²) in [5.41, 5.74) is -0.393. The molecule has 1 N–H and O–H groups in total. The van der Waals surface area contributed by atoms with E-state index in [1.165, 1.54) is 57.9 Å². The zero-order valence-electron chi connectivity index (χ0n) is 12.6. The lowest BCUT2D eigenvalue weighted by Crippen LogP contribution is -2.42. The number of hydrogen-bond donors (Lipinski definition) is 1. The quantitative estimate of drug-likeness (QED) is 0.630. The topological polar surface area (TPSA) is 23.5 Å². The van der Waals surface area contributed by atoms with Crippen molar-refractivity contribution >= 4 is 0 Å². The molecule has 2 nitrogen and oxygen atoms in total. The van der Waals surface area contributed by atoms with Gasteiger partial charge in [-0.3, -0.25) is 0 Å². The Morgan fingerprint density at radius 3 is 1.94 bits per heavy atom. The highest BCUT2D eigenvalue weighted by Crippen LogP contribution is 2.21. The zero-order valence-corrected chi connectivity index (χ0v) is 12.6. The summed E-state index contributed by atoms with van der Waals surface area (Å²) in [5.74, 6) is 0. The minimum absolute atomic E-state index is 0.393. The summed E-state index contributed by atoms with van der Waals surface area (Å²) in [6, 6.07) is 0. The Bertz CT molecular complexity index is 193. The minimum atomic E-state index is -0.393. The van der Waals surface area contributed by atoms with Gasteiger partial charge >= 0.3 is 0 Å². The number of nitrogens with zero attached hydrogens (tertiary/aromatic N) is 1. The Labute approximate surface area is 114 Å². The molecule has 1 heterocycles. The van der Waals surface area contributed by atoms with E-state index in [1.807, 2.05) is 6.92 Å². The van der Waals surface area contributed by atoms with Crippen LogP contribution in [0.25, 0.3) is 0 Å². The highest BCUT2D eigenvalue weighted by molar-refractivity contribution is 4.81. The molecule has 1 aliphatic rings. The van der Waals surface area contributed by atoms with Gasteiger partial charge in [0.1, 0.15) is 0 Å². The van der Waals surface area contributed by atoms with Gasteiger partial charge in [0.25, 0.3) is 0 Å². The van der Waals surface area contributed by atoms with Gasteiger partial charge in [0.05, 0.1) is 5.60 Å². The van der Waals surface area contributed by atoms with Gasteiger partial charge in [0.2, 0.25) is 0 Å². The smallest absolute Gasteiger partial charge is 0.0644 e. The molecule has 0 aromatic heterocycles. The van der Waals surface area contributed by atoms with Crippen LogP contribution in [-0.2, 0) is 0 Å². The molecule has 1 aliphatic heterocycles. The third-order valence-electron chi connectivity index (χ3n) is 4.26. The molecule has 1 saturated heterocycles. The van der Waals surface area contributed by atoms with Gasteiger partial charge in [0, 0.05) is 13.1 Å². The van der Waals surface area contributed by atoms with Crippen LogP contribution in [0.1, 0.15) is 78.1 Å². The van der Waals surface area contributed by atoms with E-state index in [0.717, 1.165) is 25.9 Å². The first kappa shape index (κ1) is 16.0. The molecule has 2 heteroatoms. The van der Waals surface area contributed by atoms with Crippen molar-refractivity contribution in [3.63, 3.8) is 0 Å². The second-order valence-corrected chi connectivity index (χ2v) is 6.31. The second-order valence-electron chi connectivity index (χ2n) is 6.31. The van der Waals surface area contributed by atoms with Crippen molar-refractivity contribution in [2.75, 3.05) is 19.6 Å². The maximum absolute atomic E-state index is 9.88. The lowest BCUT2D eigenvalue weighted by atomic mass is 9.94. The fourth-order valence-corrected chi connectivity index (χ4v) is 2.73. The van der Waals surface area contributed by atoms with Crippen LogP contribution in [0.4, 0.5) is 0 Å². The van der Waals surface area contributed by atoms with Crippen LogP contribution in [0, 0.1) is 0 Å². The molecule has 1 fully saturated rings. The highest BCUT2D eigenvalue weighted by Gasteiger charge is 2.26. The zero-order chi connectivity index (χ0) is 13.3. The van der Waals surface area contributed by atoms with Gasteiger partial charge in [0.15, 0.2) is 0 Å². The van der Waals surface area contributed by atoms with E-state index < -0.39 is 5.60 Å². The number of hydrogen-bond acceptors (Lipinski definition) is 2. The number of piperidine rings is 1. The van der Waals surface area contributed by atoms with Crippen molar-refractivity contribution in [3.8, 4) is 0 Å². The normalized spacial score (nSPS) is 20.2. The molecule has 0 radical (unpaired) electrons. The van der Waals surface area contributed by atoms with Gasteiger partial charge in [-0.1, -0.05) is 51.9 Å². The van der Waals surface area contributed by atoms with Crippen LogP contribution < -0.4 is 0 Å². The first-order valence-corrected chi connectivity index (χ1v) is 8.09. The molecular weight excluding hydrogens is 222 g/mol. The van der Waals surface area contributed by atoms with Crippen molar-refractivity contribution in [1.82, 2.24) is 4.90 Å². The van der Waals surface area contributed by atoms with Gasteiger partial charge in [-0.2, -0.15) is 0 Å². The number of unbranched alkanes of at least 4 members (excludes halogenated alkanes) is 7. The van der Waals surface area contributed by atoms with E-state index in [1.54, 1.807) is 0 Å². The van der Waals surface area contributed by atoms with E-state index in [2.05, 4.69) is 11.8 Å². The Kier molecular flexibility index (Phi) is 7.92. The third-order valence-corrected chi connectivity index (χ3v) is 4.26. The monoisotopic (exact) mass is 255 g/mol. The van der Waals surface area contributed by atoms with Crippen LogP contribution in [0.15, 0.2) is 0 Å². The van der Waals surface area contributed by atoms with Gasteiger partial charge in [-0.15, -0.1) is 0 Å². The molecule has 0 aromatic rings. The second kappa shape index (κ2) is 8.92. The molecule has 0 amide bonds. The van der Waals surface area contributed by atoms with Crippen molar-refractivity contribution in [2.24, 2.45) is 0 Å². The number of likely N-dealkylation sites (tertiary alicyclic amines) is 1. The number of rotatable bonds is 9. The molecule has 18 heavy (non-hydrogen) atoms. The Morgan fingerprint density at radius 2 is 1.39 bits per heavy atom. The SMILES string of the molecule is CCCCCCCCCCN1CCC(C)(O)CC1. The van der Waals surface area contributed by atoms with E-state index in [-0.39, 0.29) is 0 Å². The first-order valence-electron chi connectivity index (χ1n) is 8.09. The van der Waals surface area contributed by atoms with Crippen LogP contribution in [0.5, 0.6) is 0 Å².